The van der Waals surface area contributed by atoms with Crippen LogP contribution in [0.2, 0.25) is 0 Å². The Bertz CT molecular complexity index is 633. The number of hydrogen-bond acceptors (Lipinski definition) is 4. The van der Waals surface area contributed by atoms with Crippen LogP contribution < -0.4 is 5.32 Å². The summed E-state index contributed by atoms with van der Waals surface area (Å²) in [6.07, 6.45) is 0. The van der Waals surface area contributed by atoms with E-state index in [-0.39, 0.29) is 11.9 Å². The molecule has 0 aliphatic carbocycles. The van der Waals surface area contributed by atoms with E-state index in [1.165, 1.54) is 11.1 Å². The molecular weight excluding hydrogens is 330 g/mol. The summed E-state index contributed by atoms with van der Waals surface area (Å²) in [5.74, 6) is -0.0172. The molecule has 2 aromatic rings. The average Bonchev–Trinajstić information content (AvgIpc) is 3.14. The van der Waals surface area contributed by atoms with Crippen molar-refractivity contribution < 1.29 is 4.79 Å². The standard InChI is InChI=1S/C20H29N3OS/c1-5-23(6-2)14-16-7-9-17(10-8-16)20(24)21-13-19(22(3)4)18-11-12-25-15-18/h7-12,15,19H,5-6,13-14H2,1-4H3,(H,21,24). The van der Waals surface area contributed by atoms with Gasteiger partial charge in [0.2, 0.25) is 0 Å². The molecule has 0 saturated carbocycles. The Hall–Kier alpha value is -1.69. The highest BCUT2D eigenvalue weighted by Crippen LogP contribution is 2.20. The van der Waals surface area contributed by atoms with E-state index in [4.69, 9.17) is 0 Å². The first-order chi connectivity index (χ1) is 12.0. The van der Waals surface area contributed by atoms with E-state index in [0.29, 0.717) is 12.1 Å². The lowest BCUT2D eigenvalue weighted by atomic mass is 10.1. The van der Waals surface area contributed by atoms with Crippen LogP contribution in [0.25, 0.3) is 0 Å². The van der Waals surface area contributed by atoms with Gasteiger partial charge >= 0.3 is 0 Å². The third-order valence-corrected chi connectivity index (χ3v) is 5.23. The van der Waals surface area contributed by atoms with Crippen molar-refractivity contribution in [3.05, 3.63) is 57.8 Å². The summed E-state index contributed by atoms with van der Waals surface area (Å²) in [6.45, 7) is 7.93. The van der Waals surface area contributed by atoms with Gasteiger partial charge < -0.3 is 10.2 Å². The number of nitrogens with one attached hydrogen (secondary N) is 1. The highest BCUT2D eigenvalue weighted by atomic mass is 32.1. The van der Waals surface area contributed by atoms with Gasteiger partial charge in [0.05, 0.1) is 6.04 Å². The van der Waals surface area contributed by atoms with E-state index in [9.17, 15) is 4.79 Å². The number of likely N-dealkylation sites (N-methyl/N-ethyl adjacent to an activating group) is 1. The van der Waals surface area contributed by atoms with Gasteiger partial charge in [0.15, 0.2) is 0 Å². The van der Waals surface area contributed by atoms with Crippen molar-refractivity contribution in [1.29, 1.82) is 0 Å². The molecule has 5 heteroatoms. The fourth-order valence-corrected chi connectivity index (χ4v) is 3.53. The molecule has 1 N–H and O–H groups in total. The number of benzene rings is 1. The molecule has 0 saturated heterocycles. The zero-order valence-corrected chi connectivity index (χ0v) is 16.5. The minimum atomic E-state index is -0.0172. The van der Waals surface area contributed by atoms with Crippen LogP contribution in [-0.4, -0.2) is 49.4 Å². The number of carbonyl (C=O) groups excluding carboxylic acids is 1. The van der Waals surface area contributed by atoms with Gasteiger partial charge in [0, 0.05) is 18.7 Å². The summed E-state index contributed by atoms with van der Waals surface area (Å²) in [5.41, 5.74) is 3.20. The molecule has 1 aromatic heterocycles. The Morgan fingerprint density at radius 1 is 1.12 bits per heavy atom. The predicted molar refractivity (Wildman–Crippen MR) is 106 cm³/mol. The van der Waals surface area contributed by atoms with Crippen LogP contribution in [-0.2, 0) is 6.54 Å². The molecule has 4 nitrogen and oxygen atoms in total. The lowest BCUT2D eigenvalue weighted by Crippen LogP contribution is -2.34. The van der Waals surface area contributed by atoms with Crippen LogP contribution in [0.3, 0.4) is 0 Å². The number of hydrogen-bond donors (Lipinski definition) is 1. The van der Waals surface area contributed by atoms with Crippen molar-refractivity contribution >= 4 is 17.2 Å². The normalized spacial score (nSPS) is 12.6. The molecule has 1 aromatic carbocycles. The van der Waals surface area contributed by atoms with Gasteiger partial charge in [-0.3, -0.25) is 9.69 Å². The van der Waals surface area contributed by atoms with Crippen LogP contribution in [0, 0.1) is 0 Å². The van der Waals surface area contributed by atoms with E-state index in [1.807, 2.05) is 26.2 Å². The fourth-order valence-electron chi connectivity index (χ4n) is 2.82. The zero-order chi connectivity index (χ0) is 18.2. The molecule has 2 rings (SSSR count). The monoisotopic (exact) mass is 359 g/mol. The largest absolute Gasteiger partial charge is 0.350 e. The Labute approximate surface area is 155 Å². The Kier molecular flexibility index (Phi) is 7.62. The zero-order valence-electron chi connectivity index (χ0n) is 15.7. The Morgan fingerprint density at radius 2 is 1.80 bits per heavy atom. The summed E-state index contributed by atoms with van der Waals surface area (Å²) >= 11 is 1.68. The molecule has 25 heavy (non-hydrogen) atoms. The van der Waals surface area contributed by atoms with Gasteiger partial charge in [-0.05, 0) is 67.3 Å². The van der Waals surface area contributed by atoms with E-state index >= 15 is 0 Å². The molecule has 0 aliphatic heterocycles. The topological polar surface area (TPSA) is 35.6 Å². The Balaban J connectivity index is 1.94. The molecule has 0 bridgehead atoms. The first-order valence-electron chi connectivity index (χ1n) is 8.83. The average molecular weight is 360 g/mol. The van der Waals surface area contributed by atoms with Crippen molar-refractivity contribution in [3.8, 4) is 0 Å². The third kappa shape index (κ3) is 5.66. The van der Waals surface area contributed by atoms with Gasteiger partial charge in [-0.15, -0.1) is 0 Å². The third-order valence-electron chi connectivity index (χ3n) is 4.52. The summed E-state index contributed by atoms with van der Waals surface area (Å²) in [6, 6.07) is 10.2. The second-order valence-electron chi connectivity index (χ2n) is 6.40. The van der Waals surface area contributed by atoms with E-state index in [0.717, 1.165) is 19.6 Å². The van der Waals surface area contributed by atoms with Crippen molar-refractivity contribution in [2.75, 3.05) is 33.7 Å². The maximum atomic E-state index is 12.4. The minimum absolute atomic E-state index is 0.0172. The summed E-state index contributed by atoms with van der Waals surface area (Å²) < 4.78 is 0. The number of carbonyl (C=O) groups is 1. The first kappa shape index (κ1) is 19.6. The lowest BCUT2D eigenvalue weighted by Gasteiger charge is -2.24. The second-order valence-corrected chi connectivity index (χ2v) is 7.18. The number of rotatable bonds is 9. The molecule has 1 heterocycles. The van der Waals surface area contributed by atoms with Crippen molar-refractivity contribution in [2.45, 2.75) is 26.4 Å². The number of thiophene rings is 1. The quantitative estimate of drug-likeness (QED) is 0.743. The van der Waals surface area contributed by atoms with Crippen LogP contribution in [0.15, 0.2) is 41.1 Å². The highest BCUT2D eigenvalue weighted by Gasteiger charge is 2.16. The molecule has 0 aliphatic rings. The predicted octanol–water partition coefficient (Wildman–Crippen LogP) is 3.62. The smallest absolute Gasteiger partial charge is 0.251 e. The number of nitrogens with zero attached hydrogens (tertiary/aromatic N) is 2. The van der Waals surface area contributed by atoms with Gasteiger partial charge in [0.25, 0.3) is 5.91 Å². The maximum Gasteiger partial charge on any atom is 0.251 e. The van der Waals surface area contributed by atoms with Crippen LogP contribution in [0.1, 0.15) is 41.4 Å². The van der Waals surface area contributed by atoms with Gasteiger partial charge in [-0.1, -0.05) is 26.0 Å². The van der Waals surface area contributed by atoms with E-state index in [2.05, 4.69) is 57.9 Å². The van der Waals surface area contributed by atoms with Gasteiger partial charge in [-0.25, -0.2) is 0 Å². The summed E-state index contributed by atoms with van der Waals surface area (Å²) in [5, 5.41) is 7.27. The SMILES string of the molecule is CCN(CC)Cc1ccc(C(=O)NCC(c2ccsc2)N(C)C)cc1. The van der Waals surface area contributed by atoms with Gasteiger partial charge in [-0.2, -0.15) is 11.3 Å². The highest BCUT2D eigenvalue weighted by molar-refractivity contribution is 7.07. The maximum absolute atomic E-state index is 12.4. The molecule has 0 fully saturated rings. The minimum Gasteiger partial charge on any atom is -0.350 e. The molecule has 1 unspecified atom stereocenters. The lowest BCUT2D eigenvalue weighted by molar-refractivity contribution is 0.0942. The molecule has 1 amide bonds. The van der Waals surface area contributed by atoms with E-state index in [1.54, 1.807) is 11.3 Å². The molecule has 0 radical (unpaired) electrons. The van der Waals surface area contributed by atoms with Crippen molar-refractivity contribution in [3.63, 3.8) is 0 Å². The van der Waals surface area contributed by atoms with E-state index < -0.39 is 0 Å². The molecule has 1 atom stereocenters. The number of amides is 1. The molecule has 0 spiro atoms. The first-order valence-corrected chi connectivity index (χ1v) is 9.77. The van der Waals surface area contributed by atoms with Gasteiger partial charge in [0.1, 0.15) is 0 Å². The summed E-state index contributed by atoms with van der Waals surface area (Å²) in [7, 11) is 4.08. The van der Waals surface area contributed by atoms with Crippen LogP contribution in [0.5, 0.6) is 0 Å². The summed E-state index contributed by atoms with van der Waals surface area (Å²) in [4.78, 5) is 16.9. The van der Waals surface area contributed by atoms with Crippen molar-refractivity contribution in [1.82, 2.24) is 15.1 Å². The second kappa shape index (κ2) is 9.70. The van der Waals surface area contributed by atoms with Crippen LogP contribution >= 0.6 is 11.3 Å². The molecule has 136 valence electrons. The van der Waals surface area contributed by atoms with Crippen molar-refractivity contribution in [2.24, 2.45) is 0 Å². The molecular formula is C20H29N3OS. The Morgan fingerprint density at radius 3 is 2.32 bits per heavy atom. The van der Waals surface area contributed by atoms with Crippen LogP contribution in [0.4, 0.5) is 0 Å². The fraction of sp³-hybridized carbons (Fsp3) is 0.450.